The summed E-state index contributed by atoms with van der Waals surface area (Å²) in [4.78, 5) is 0. The molecule has 1 N–H and O–H groups in total. The third kappa shape index (κ3) is 4.20. The second kappa shape index (κ2) is 3.82. The average Bonchev–Trinajstić information content (AvgIpc) is 1.64. The molecule has 9 heavy (non-hydrogen) atoms. The van der Waals surface area contributed by atoms with Gasteiger partial charge in [-0.15, -0.1) is 0 Å². The maximum absolute atomic E-state index is 11.1. The molecule has 0 atom stereocenters. The third-order valence-corrected chi connectivity index (χ3v) is 0.925. The van der Waals surface area contributed by atoms with Crippen molar-refractivity contribution in [3.63, 3.8) is 0 Å². The van der Waals surface area contributed by atoms with Gasteiger partial charge in [0, 0.05) is 0 Å². The van der Waals surface area contributed by atoms with Crippen molar-refractivity contribution in [2.75, 3.05) is 0 Å². The second-order valence-electron chi connectivity index (χ2n) is 0.954. The first kappa shape index (κ1) is 9.76. The number of nitrogens with one attached hydrogen (secondary N) is 1. The van der Waals surface area contributed by atoms with E-state index in [0.717, 1.165) is 0 Å². The van der Waals surface area contributed by atoms with Gasteiger partial charge in [0.2, 0.25) is 0 Å². The zero-order valence-corrected chi connectivity index (χ0v) is 5.79. The van der Waals surface area contributed by atoms with E-state index in [2.05, 4.69) is 0.0568 Å². The Balaban J connectivity index is 3.74. The van der Waals surface area contributed by atoms with E-state index in [1.807, 2.05) is 0 Å². The number of rotatable bonds is 1. The summed E-state index contributed by atoms with van der Waals surface area (Å²) < 4.78 is 47.7. The summed E-state index contributed by atoms with van der Waals surface area (Å²) >= 11 is -2.29. The monoisotopic (exact) mass is 263 g/mol. The Bertz CT molecular complexity index is 112. The van der Waals surface area contributed by atoms with E-state index in [0.29, 0.717) is 0 Å². The third-order valence-electron chi connectivity index (χ3n) is 0.357. The van der Waals surface area contributed by atoms with Crippen LogP contribution in [-0.2, 0) is 0.0568 Å². The van der Waals surface area contributed by atoms with Gasteiger partial charge in [0.05, 0.1) is 0 Å². The molecule has 0 radical (unpaired) electrons. The number of alkyl halides is 3. The van der Waals surface area contributed by atoms with Gasteiger partial charge >= 0.3 is 76.6 Å². The Morgan fingerprint density at radius 1 is 1.44 bits per heavy atom. The molecule has 0 bridgehead atoms. The molecule has 0 aliphatic rings. The molecule has 0 saturated heterocycles. The van der Waals surface area contributed by atoms with Gasteiger partial charge in [-0.05, 0) is 0 Å². The van der Waals surface area contributed by atoms with E-state index < -0.39 is 57.8 Å². The molecule has 0 aliphatic heterocycles. The standard InChI is InChI=1S/C2HF4NOXe/c3-2(4,5)1(7)8-9-6/h7H. The fourth-order valence-corrected chi connectivity index (χ4v) is 0.457. The van der Waals surface area contributed by atoms with E-state index in [1.165, 1.54) is 0 Å². The van der Waals surface area contributed by atoms with Gasteiger partial charge in [0.1, 0.15) is 0 Å². The van der Waals surface area contributed by atoms with Crippen LogP contribution in [0.3, 0.4) is 0 Å². The molecule has 56 valence electrons. The van der Waals surface area contributed by atoms with Crippen molar-refractivity contribution in [2.45, 2.75) is 6.18 Å². The molecule has 0 aromatic rings. The van der Waals surface area contributed by atoms with Crippen LogP contribution < -0.4 is 0 Å². The quantitative estimate of drug-likeness (QED) is 0.433. The molecule has 0 aromatic carbocycles. The van der Waals surface area contributed by atoms with Gasteiger partial charge in [-0.2, -0.15) is 0 Å². The number of hydrogen-bond acceptors (Lipinski definition) is 2. The van der Waals surface area contributed by atoms with Crippen molar-refractivity contribution < 1.29 is 59.1 Å². The normalized spacial score (nSPS) is 11.6. The number of halogens is 4. The maximum atomic E-state index is 11.1. The van der Waals surface area contributed by atoms with Crippen molar-refractivity contribution in [2.24, 2.45) is 0 Å². The van der Waals surface area contributed by atoms with Gasteiger partial charge in [-0.25, -0.2) is 0 Å². The fraction of sp³-hybridized carbons (Fsp3) is 0.500. The van der Waals surface area contributed by atoms with E-state index in [4.69, 9.17) is 5.41 Å². The Labute approximate surface area is 75.6 Å². The minimum absolute atomic E-state index is 1.97. The molecule has 0 unspecified atom stereocenters. The minimum atomic E-state index is -4.85. The molecule has 0 amide bonds. The Morgan fingerprint density at radius 2 is 1.89 bits per heavy atom. The molecular formula is C2HF4NOXe. The zero-order valence-electron chi connectivity index (χ0n) is 3.77. The van der Waals surface area contributed by atoms with Crippen molar-refractivity contribution in [1.29, 1.82) is 5.41 Å². The van der Waals surface area contributed by atoms with Crippen molar-refractivity contribution in [3.8, 4) is 0 Å². The van der Waals surface area contributed by atoms with Crippen molar-refractivity contribution in [1.82, 2.24) is 0 Å². The summed E-state index contributed by atoms with van der Waals surface area (Å²) in [6.07, 6.45) is -4.85. The molecule has 0 saturated carbocycles. The van der Waals surface area contributed by atoms with E-state index in [9.17, 15) is 13.3 Å². The van der Waals surface area contributed by atoms with Crippen LogP contribution in [0.15, 0.2) is 0 Å². The van der Waals surface area contributed by atoms with Crippen molar-refractivity contribution in [3.05, 3.63) is 0 Å². The zero-order chi connectivity index (χ0) is 7.49. The van der Waals surface area contributed by atoms with Crippen LogP contribution in [0.2, 0.25) is 0 Å². The molecule has 7 heteroatoms. The topological polar surface area (TPSA) is 33.1 Å². The summed E-state index contributed by atoms with van der Waals surface area (Å²) in [6.45, 7) is 0. The molecular weight excluding hydrogens is 261 g/mol. The number of hydrogen-bond donors (Lipinski definition) is 1. The van der Waals surface area contributed by atoms with Crippen LogP contribution in [0.5, 0.6) is 0 Å². The van der Waals surface area contributed by atoms with Gasteiger partial charge in [0.25, 0.3) is 0 Å². The van der Waals surface area contributed by atoms with Crippen LogP contribution in [0.25, 0.3) is 0 Å². The molecule has 2 nitrogen and oxygen atoms in total. The molecule has 0 spiro atoms. The van der Waals surface area contributed by atoms with Crippen LogP contribution in [0, 0.1) is 51.2 Å². The summed E-state index contributed by atoms with van der Waals surface area (Å²) in [5.74, 6) is -1.97. The van der Waals surface area contributed by atoms with Crippen molar-refractivity contribution >= 4 is 5.90 Å². The summed E-state index contributed by atoms with van der Waals surface area (Å²) in [7, 11) is 0. The van der Waals surface area contributed by atoms with E-state index >= 15 is 0 Å². The predicted molar refractivity (Wildman–Crippen MR) is 16.0 cm³/mol. The first-order valence-electron chi connectivity index (χ1n) is 1.55. The Kier molecular flexibility index (Phi) is 4.14. The second-order valence-corrected chi connectivity index (χ2v) is 1.68. The molecule has 0 rings (SSSR count). The Hall–Kier alpha value is 0.761. The van der Waals surface area contributed by atoms with Crippen LogP contribution >= 0.6 is 0 Å². The summed E-state index contributed by atoms with van der Waals surface area (Å²) in [5.41, 5.74) is 0. The van der Waals surface area contributed by atoms with E-state index in [1.54, 1.807) is 0 Å². The Morgan fingerprint density at radius 3 is 2.00 bits per heavy atom. The molecule has 0 aromatic heterocycles. The predicted octanol–water partition coefficient (Wildman–Crippen LogP) is 1.43. The first-order chi connectivity index (χ1) is 3.98. The van der Waals surface area contributed by atoms with Crippen LogP contribution in [0.1, 0.15) is 0 Å². The molecule has 0 heterocycles. The SMILES string of the molecule is N=C(O[Xe]F)C(F)(F)F. The summed E-state index contributed by atoms with van der Waals surface area (Å²) in [5, 5.41) is 5.98. The van der Waals surface area contributed by atoms with Gasteiger partial charge in [-0.3, -0.25) is 0 Å². The van der Waals surface area contributed by atoms with Gasteiger partial charge in [0.15, 0.2) is 0 Å². The van der Waals surface area contributed by atoms with Gasteiger partial charge < -0.3 is 0 Å². The van der Waals surface area contributed by atoms with Crippen LogP contribution in [-0.4, -0.2) is 12.1 Å². The molecule has 0 aliphatic carbocycles. The molecule has 0 fully saturated rings. The van der Waals surface area contributed by atoms with Gasteiger partial charge in [-0.1, -0.05) is 0 Å². The van der Waals surface area contributed by atoms with E-state index in [-0.39, 0.29) is 0 Å². The first-order valence-corrected chi connectivity index (χ1v) is 3.14. The fourth-order valence-electron chi connectivity index (χ4n) is 0.0682. The van der Waals surface area contributed by atoms with Crippen LogP contribution in [0.4, 0.5) is 13.3 Å². The average molecular weight is 262 g/mol. The summed E-state index contributed by atoms with van der Waals surface area (Å²) in [6, 6.07) is 0.